The third-order valence-corrected chi connectivity index (χ3v) is 2.67. The fraction of sp³-hybridized carbons (Fsp3) is 0.214. The molecular weight excluding hydrogens is 274 g/mol. The summed E-state index contributed by atoms with van der Waals surface area (Å²) in [7, 11) is 0. The van der Waals surface area contributed by atoms with E-state index in [1.807, 2.05) is 0 Å². The smallest absolute Gasteiger partial charge is 0.341 e. The van der Waals surface area contributed by atoms with Crippen LogP contribution in [-0.2, 0) is 16.1 Å². The van der Waals surface area contributed by atoms with Crippen LogP contribution >= 0.6 is 0 Å². The van der Waals surface area contributed by atoms with Crippen molar-refractivity contribution in [3.05, 3.63) is 43.0 Å². The average molecular weight is 289 g/mol. The second kappa shape index (κ2) is 7.09. The highest BCUT2D eigenvalue weighted by Gasteiger charge is 2.09. The van der Waals surface area contributed by atoms with Crippen molar-refractivity contribution in [1.29, 1.82) is 0 Å². The van der Waals surface area contributed by atoms with Gasteiger partial charge in [0.1, 0.15) is 5.75 Å². The molecule has 0 radical (unpaired) electrons. The van der Waals surface area contributed by atoms with E-state index in [2.05, 4.69) is 10.3 Å². The maximum atomic E-state index is 11.9. The van der Waals surface area contributed by atoms with Crippen LogP contribution in [0.1, 0.15) is 6.42 Å². The third kappa shape index (κ3) is 4.64. The number of benzene rings is 1. The lowest BCUT2D eigenvalue weighted by Crippen LogP contribution is -2.16. The minimum atomic E-state index is -1.07. The molecule has 2 aromatic rings. The number of carbonyl (C=O) groups excluding carboxylic acids is 1. The Balaban J connectivity index is 1.92. The summed E-state index contributed by atoms with van der Waals surface area (Å²) in [5.41, 5.74) is 0.453. The number of nitrogens with one attached hydrogen (secondary N) is 1. The van der Waals surface area contributed by atoms with E-state index in [4.69, 9.17) is 9.84 Å². The average Bonchev–Trinajstić information content (AvgIpc) is 2.97. The maximum Gasteiger partial charge on any atom is 0.341 e. The zero-order valence-corrected chi connectivity index (χ0v) is 11.2. The van der Waals surface area contributed by atoms with Crippen LogP contribution in [0, 0.1) is 0 Å². The predicted molar refractivity (Wildman–Crippen MR) is 75.0 cm³/mol. The molecule has 0 unspecified atom stereocenters. The van der Waals surface area contributed by atoms with Crippen molar-refractivity contribution in [2.24, 2.45) is 0 Å². The zero-order valence-electron chi connectivity index (χ0n) is 11.2. The number of aromatic nitrogens is 2. The van der Waals surface area contributed by atoms with Gasteiger partial charge in [0.2, 0.25) is 5.91 Å². The number of aryl methyl sites for hydroxylation is 1. The van der Waals surface area contributed by atoms with Crippen molar-refractivity contribution in [3.8, 4) is 5.75 Å². The van der Waals surface area contributed by atoms with Crippen LogP contribution in [-0.4, -0.2) is 33.1 Å². The number of carbonyl (C=O) groups is 2. The van der Waals surface area contributed by atoms with Crippen LogP contribution < -0.4 is 10.1 Å². The number of amides is 1. The first-order valence-electron chi connectivity index (χ1n) is 6.34. The molecule has 1 aromatic carbocycles. The molecule has 1 amide bonds. The van der Waals surface area contributed by atoms with E-state index in [0.717, 1.165) is 0 Å². The van der Waals surface area contributed by atoms with Crippen molar-refractivity contribution in [2.45, 2.75) is 13.0 Å². The number of imidazole rings is 1. The first kappa shape index (κ1) is 14.6. The molecule has 2 N–H and O–H groups in total. The fourth-order valence-electron chi connectivity index (χ4n) is 1.70. The van der Waals surface area contributed by atoms with E-state index in [1.165, 1.54) is 0 Å². The Morgan fingerprint density at radius 3 is 2.86 bits per heavy atom. The maximum absolute atomic E-state index is 11.9. The van der Waals surface area contributed by atoms with E-state index in [1.54, 1.807) is 47.6 Å². The predicted octanol–water partition coefficient (Wildman–Crippen LogP) is 1.38. The van der Waals surface area contributed by atoms with Crippen LogP contribution in [0.3, 0.4) is 0 Å². The van der Waals surface area contributed by atoms with Crippen LogP contribution in [0.25, 0.3) is 0 Å². The molecule has 0 aliphatic rings. The number of ether oxygens (including phenoxy) is 1. The SMILES string of the molecule is O=C(O)COc1ccccc1NC(=O)CCn1ccnc1. The van der Waals surface area contributed by atoms with Gasteiger partial charge in [-0.15, -0.1) is 0 Å². The van der Waals surface area contributed by atoms with Gasteiger partial charge in [-0.2, -0.15) is 0 Å². The molecule has 0 aliphatic heterocycles. The molecule has 7 heteroatoms. The molecule has 0 atom stereocenters. The second-order valence-corrected chi connectivity index (χ2v) is 4.28. The minimum absolute atomic E-state index is 0.185. The standard InChI is InChI=1S/C14H15N3O4/c18-13(5-7-17-8-6-15-10-17)16-11-3-1-2-4-12(11)21-9-14(19)20/h1-4,6,8,10H,5,7,9H2,(H,16,18)(H,19,20). The van der Waals surface area contributed by atoms with Gasteiger partial charge in [0, 0.05) is 25.4 Å². The van der Waals surface area contributed by atoms with E-state index >= 15 is 0 Å². The van der Waals surface area contributed by atoms with Crippen molar-refractivity contribution in [1.82, 2.24) is 9.55 Å². The number of aliphatic carboxylic acids is 1. The van der Waals surface area contributed by atoms with E-state index in [9.17, 15) is 9.59 Å². The van der Waals surface area contributed by atoms with Crippen LogP contribution in [0.2, 0.25) is 0 Å². The molecule has 21 heavy (non-hydrogen) atoms. The van der Waals surface area contributed by atoms with Gasteiger partial charge in [0.05, 0.1) is 12.0 Å². The summed E-state index contributed by atoms with van der Waals surface area (Å²) >= 11 is 0. The lowest BCUT2D eigenvalue weighted by atomic mass is 10.2. The third-order valence-electron chi connectivity index (χ3n) is 2.67. The van der Waals surface area contributed by atoms with Gasteiger partial charge in [-0.3, -0.25) is 4.79 Å². The van der Waals surface area contributed by atoms with E-state index in [0.29, 0.717) is 18.0 Å². The van der Waals surface area contributed by atoms with Gasteiger partial charge in [0.15, 0.2) is 6.61 Å². The number of anilines is 1. The Bertz CT molecular complexity index is 610. The molecule has 0 saturated heterocycles. The Morgan fingerprint density at radius 1 is 1.33 bits per heavy atom. The highest BCUT2D eigenvalue weighted by Crippen LogP contribution is 2.23. The summed E-state index contributed by atoms with van der Waals surface area (Å²) < 4.78 is 6.92. The Morgan fingerprint density at radius 2 is 2.14 bits per heavy atom. The van der Waals surface area contributed by atoms with Crippen LogP contribution in [0.15, 0.2) is 43.0 Å². The van der Waals surface area contributed by atoms with Gasteiger partial charge in [-0.1, -0.05) is 12.1 Å². The minimum Gasteiger partial charge on any atom is -0.480 e. The topological polar surface area (TPSA) is 93.5 Å². The summed E-state index contributed by atoms with van der Waals surface area (Å²) in [4.78, 5) is 26.3. The quantitative estimate of drug-likeness (QED) is 0.803. The number of carboxylic acid groups (broad SMARTS) is 1. The van der Waals surface area contributed by atoms with E-state index in [-0.39, 0.29) is 12.3 Å². The molecule has 0 bridgehead atoms. The molecule has 0 spiro atoms. The molecule has 7 nitrogen and oxygen atoms in total. The second-order valence-electron chi connectivity index (χ2n) is 4.28. The molecule has 110 valence electrons. The number of para-hydroxylation sites is 2. The monoisotopic (exact) mass is 289 g/mol. The van der Waals surface area contributed by atoms with Gasteiger partial charge >= 0.3 is 5.97 Å². The normalized spacial score (nSPS) is 10.1. The molecular formula is C14H15N3O4. The Hall–Kier alpha value is -2.83. The first-order chi connectivity index (χ1) is 10.1. The number of nitrogens with zero attached hydrogens (tertiary/aromatic N) is 2. The molecule has 1 aromatic heterocycles. The van der Waals surface area contributed by atoms with Gasteiger partial charge in [-0.25, -0.2) is 9.78 Å². The molecule has 0 saturated carbocycles. The number of rotatable bonds is 7. The largest absolute Gasteiger partial charge is 0.480 e. The highest BCUT2D eigenvalue weighted by molar-refractivity contribution is 5.92. The lowest BCUT2D eigenvalue weighted by molar-refractivity contribution is -0.139. The number of carboxylic acids is 1. The molecule has 0 aliphatic carbocycles. The summed E-state index contributed by atoms with van der Waals surface area (Å²) in [5.74, 6) is -0.929. The summed E-state index contributed by atoms with van der Waals surface area (Å²) in [5, 5.41) is 11.3. The summed E-state index contributed by atoms with van der Waals surface area (Å²) in [6, 6.07) is 6.71. The van der Waals surface area contributed by atoms with Crippen molar-refractivity contribution >= 4 is 17.6 Å². The van der Waals surface area contributed by atoms with Gasteiger partial charge < -0.3 is 19.7 Å². The van der Waals surface area contributed by atoms with Crippen molar-refractivity contribution in [3.63, 3.8) is 0 Å². The Labute approximate surface area is 121 Å². The summed E-state index contributed by atoms with van der Waals surface area (Å²) in [6.07, 6.45) is 5.34. The molecule has 2 rings (SSSR count). The number of hydrogen-bond acceptors (Lipinski definition) is 4. The highest BCUT2D eigenvalue weighted by atomic mass is 16.5. The van der Waals surface area contributed by atoms with Gasteiger partial charge in [0.25, 0.3) is 0 Å². The molecule has 1 heterocycles. The van der Waals surface area contributed by atoms with Crippen LogP contribution in [0.4, 0.5) is 5.69 Å². The zero-order chi connectivity index (χ0) is 15.1. The Kier molecular flexibility index (Phi) is 4.92. The fourth-order valence-corrected chi connectivity index (χ4v) is 1.70. The van der Waals surface area contributed by atoms with E-state index < -0.39 is 12.6 Å². The van der Waals surface area contributed by atoms with Crippen molar-refractivity contribution < 1.29 is 19.4 Å². The first-order valence-corrected chi connectivity index (χ1v) is 6.34. The van der Waals surface area contributed by atoms with Crippen molar-refractivity contribution in [2.75, 3.05) is 11.9 Å². The van der Waals surface area contributed by atoms with Crippen LogP contribution in [0.5, 0.6) is 5.75 Å². The number of hydrogen-bond donors (Lipinski definition) is 2. The summed E-state index contributed by atoms with van der Waals surface area (Å²) in [6.45, 7) is 0.0614. The molecule has 0 fully saturated rings. The van der Waals surface area contributed by atoms with Gasteiger partial charge in [-0.05, 0) is 12.1 Å². The lowest BCUT2D eigenvalue weighted by Gasteiger charge is -2.11.